The van der Waals surface area contributed by atoms with Crippen molar-refractivity contribution in [3.8, 4) is 0 Å². The molecule has 2 heterocycles. The molecule has 3 aromatic rings. The highest BCUT2D eigenvalue weighted by atomic mass is 32.2. The minimum Gasteiger partial charge on any atom is -0.330 e. The van der Waals surface area contributed by atoms with Gasteiger partial charge in [0.1, 0.15) is 5.84 Å². The fraction of sp³-hybridized carbons (Fsp3) is 0.238. The molecule has 9 nitrogen and oxygen atoms in total. The van der Waals surface area contributed by atoms with Gasteiger partial charge in [-0.2, -0.15) is 0 Å². The highest BCUT2D eigenvalue weighted by molar-refractivity contribution is 8.01. The average molecular weight is 503 g/mol. The molecule has 33 heavy (non-hydrogen) atoms. The van der Waals surface area contributed by atoms with Gasteiger partial charge in [0.15, 0.2) is 4.34 Å². The van der Waals surface area contributed by atoms with Gasteiger partial charge in [-0.25, -0.2) is 8.42 Å². The Morgan fingerprint density at radius 3 is 2.70 bits per heavy atom. The van der Waals surface area contributed by atoms with Crippen LogP contribution in [0, 0.1) is 6.92 Å². The van der Waals surface area contributed by atoms with Crippen molar-refractivity contribution in [1.82, 2.24) is 14.9 Å². The molecule has 0 saturated heterocycles. The number of aromatic nitrogens is 2. The molecular formula is C21H22N6O3S3. The number of amidine groups is 1. The van der Waals surface area contributed by atoms with E-state index in [0.29, 0.717) is 34.0 Å². The standard InChI is InChI=1S/C21H22N6O3S3/c1-14-7-9-15(10-8-14)24-20-25-26-21(32-20)31-13-19(28)23-16-4-2-5-17(12-16)33(29,30)27-18-6-3-11-22-18/h2,4-5,7-10,12H,3,6,11,13H2,1H3,(H,22,27)(H,23,28)(H,24,25). The van der Waals surface area contributed by atoms with Crippen molar-refractivity contribution in [2.75, 3.05) is 22.9 Å². The molecule has 0 fully saturated rings. The van der Waals surface area contributed by atoms with Crippen molar-refractivity contribution in [3.05, 3.63) is 54.1 Å². The number of aliphatic imine (C=N–C) groups is 1. The molecule has 0 unspecified atom stereocenters. The lowest BCUT2D eigenvalue weighted by Gasteiger charge is -2.10. The van der Waals surface area contributed by atoms with E-state index in [2.05, 4.69) is 30.5 Å². The molecule has 1 amide bonds. The Balaban J connectivity index is 1.31. The van der Waals surface area contributed by atoms with Crippen molar-refractivity contribution >= 4 is 61.4 Å². The van der Waals surface area contributed by atoms with E-state index in [4.69, 9.17) is 0 Å². The number of thioether (sulfide) groups is 1. The van der Waals surface area contributed by atoms with Crippen molar-refractivity contribution < 1.29 is 13.2 Å². The predicted octanol–water partition coefficient (Wildman–Crippen LogP) is 3.79. The van der Waals surface area contributed by atoms with Crippen LogP contribution in [-0.4, -0.2) is 42.7 Å². The first-order chi connectivity index (χ1) is 15.9. The van der Waals surface area contributed by atoms with Gasteiger partial charge in [0.2, 0.25) is 11.0 Å². The number of hydrogen-bond donors (Lipinski definition) is 3. The Labute approximate surface area is 200 Å². The summed E-state index contributed by atoms with van der Waals surface area (Å²) in [4.78, 5) is 16.6. The second-order valence-corrected chi connectivity index (χ2v) is 11.1. The van der Waals surface area contributed by atoms with Gasteiger partial charge in [0.25, 0.3) is 10.0 Å². The SMILES string of the molecule is Cc1ccc(Nc2nnc(SCC(=O)Nc3cccc(S(=O)(=O)NC4=NCCC4)c3)s2)cc1. The zero-order valence-electron chi connectivity index (χ0n) is 17.7. The summed E-state index contributed by atoms with van der Waals surface area (Å²) < 4.78 is 28.3. The smallest absolute Gasteiger partial charge is 0.262 e. The zero-order valence-corrected chi connectivity index (χ0v) is 20.2. The lowest BCUT2D eigenvalue weighted by molar-refractivity contribution is -0.113. The van der Waals surface area contributed by atoms with E-state index in [0.717, 1.165) is 12.1 Å². The molecule has 1 aromatic heterocycles. The Bertz CT molecular complexity index is 1270. The number of nitrogens with zero attached hydrogens (tertiary/aromatic N) is 3. The Hall–Kier alpha value is -2.96. The van der Waals surface area contributed by atoms with Crippen LogP contribution in [-0.2, 0) is 14.8 Å². The fourth-order valence-electron chi connectivity index (χ4n) is 2.98. The third kappa shape index (κ3) is 6.53. The van der Waals surface area contributed by atoms with Gasteiger partial charge in [0, 0.05) is 24.3 Å². The van der Waals surface area contributed by atoms with Crippen molar-refractivity contribution in [1.29, 1.82) is 0 Å². The van der Waals surface area contributed by atoms with Crippen LogP contribution < -0.4 is 15.4 Å². The first-order valence-corrected chi connectivity index (χ1v) is 13.4. The van der Waals surface area contributed by atoms with Gasteiger partial charge in [0.05, 0.1) is 10.6 Å². The van der Waals surface area contributed by atoms with E-state index >= 15 is 0 Å². The molecule has 0 aliphatic carbocycles. The zero-order chi connectivity index (χ0) is 23.3. The normalized spacial score (nSPS) is 13.4. The Kier molecular flexibility index (Phi) is 7.26. The van der Waals surface area contributed by atoms with Crippen LogP contribution in [0.3, 0.4) is 0 Å². The topological polar surface area (TPSA) is 125 Å². The number of amides is 1. The lowest BCUT2D eigenvalue weighted by atomic mass is 10.2. The molecule has 3 N–H and O–H groups in total. The van der Waals surface area contributed by atoms with E-state index in [9.17, 15) is 13.2 Å². The van der Waals surface area contributed by atoms with Crippen LogP contribution in [0.2, 0.25) is 0 Å². The molecule has 1 aliphatic heterocycles. The quantitative estimate of drug-likeness (QED) is 0.400. The van der Waals surface area contributed by atoms with Gasteiger partial charge in [-0.05, 0) is 43.7 Å². The monoisotopic (exact) mass is 502 g/mol. The van der Waals surface area contributed by atoms with E-state index in [1.807, 2.05) is 31.2 Å². The molecule has 0 bridgehead atoms. The van der Waals surface area contributed by atoms with Gasteiger partial charge >= 0.3 is 0 Å². The number of rotatable bonds is 8. The first kappa shape index (κ1) is 23.2. The maximum absolute atomic E-state index is 12.6. The van der Waals surface area contributed by atoms with Gasteiger partial charge in [-0.15, -0.1) is 10.2 Å². The van der Waals surface area contributed by atoms with E-state index in [1.165, 1.54) is 40.8 Å². The van der Waals surface area contributed by atoms with Gasteiger partial charge < -0.3 is 10.6 Å². The molecule has 1 aliphatic rings. The number of hydrogen-bond acceptors (Lipinski definition) is 9. The molecule has 12 heteroatoms. The van der Waals surface area contributed by atoms with Crippen molar-refractivity contribution in [2.45, 2.75) is 29.0 Å². The van der Waals surface area contributed by atoms with E-state index < -0.39 is 10.0 Å². The number of carbonyl (C=O) groups excluding carboxylic acids is 1. The molecule has 172 valence electrons. The summed E-state index contributed by atoms with van der Waals surface area (Å²) in [7, 11) is -3.74. The number of sulfonamides is 1. The van der Waals surface area contributed by atoms with E-state index in [-0.39, 0.29) is 16.6 Å². The minimum atomic E-state index is -3.74. The second-order valence-electron chi connectivity index (χ2n) is 7.27. The van der Waals surface area contributed by atoms with Gasteiger partial charge in [-0.3, -0.25) is 14.5 Å². The van der Waals surface area contributed by atoms with Crippen LogP contribution >= 0.6 is 23.1 Å². The van der Waals surface area contributed by atoms with Crippen molar-refractivity contribution in [2.24, 2.45) is 4.99 Å². The number of carbonyl (C=O) groups is 1. The molecular weight excluding hydrogens is 480 g/mol. The third-order valence-corrected chi connectivity index (χ3v) is 7.94. The lowest BCUT2D eigenvalue weighted by Crippen LogP contribution is -2.29. The third-order valence-electron chi connectivity index (χ3n) is 4.59. The van der Waals surface area contributed by atoms with Crippen LogP contribution in [0.4, 0.5) is 16.5 Å². The van der Waals surface area contributed by atoms with E-state index in [1.54, 1.807) is 12.1 Å². The first-order valence-electron chi connectivity index (χ1n) is 10.1. The Morgan fingerprint density at radius 1 is 1.12 bits per heavy atom. The fourth-order valence-corrected chi connectivity index (χ4v) is 5.69. The second kappa shape index (κ2) is 10.3. The number of aryl methyl sites for hydroxylation is 1. The maximum Gasteiger partial charge on any atom is 0.262 e. The summed E-state index contributed by atoms with van der Waals surface area (Å²) in [6.45, 7) is 2.65. The summed E-state index contributed by atoms with van der Waals surface area (Å²) in [6, 6.07) is 14.1. The minimum absolute atomic E-state index is 0.0681. The maximum atomic E-state index is 12.6. The van der Waals surface area contributed by atoms with Crippen LogP contribution in [0.1, 0.15) is 18.4 Å². The molecule has 4 rings (SSSR count). The Morgan fingerprint density at radius 2 is 1.94 bits per heavy atom. The van der Waals surface area contributed by atoms with Crippen molar-refractivity contribution in [3.63, 3.8) is 0 Å². The molecule has 0 spiro atoms. The average Bonchev–Trinajstić information content (AvgIpc) is 3.46. The summed E-state index contributed by atoms with van der Waals surface area (Å²) in [6.07, 6.45) is 1.45. The summed E-state index contributed by atoms with van der Waals surface area (Å²) in [5.41, 5.74) is 2.48. The van der Waals surface area contributed by atoms with Crippen LogP contribution in [0.15, 0.2) is 62.8 Å². The molecule has 2 aromatic carbocycles. The molecule has 0 radical (unpaired) electrons. The van der Waals surface area contributed by atoms with Crippen LogP contribution in [0.5, 0.6) is 0 Å². The molecule has 0 saturated carbocycles. The number of nitrogens with one attached hydrogen (secondary N) is 3. The summed E-state index contributed by atoms with van der Waals surface area (Å²) >= 11 is 2.61. The number of benzene rings is 2. The predicted molar refractivity (Wildman–Crippen MR) is 132 cm³/mol. The summed E-state index contributed by atoms with van der Waals surface area (Å²) in [5, 5.41) is 14.7. The highest BCUT2D eigenvalue weighted by Crippen LogP contribution is 2.28. The highest BCUT2D eigenvalue weighted by Gasteiger charge is 2.19. The summed E-state index contributed by atoms with van der Waals surface area (Å²) in [5.74, 6) is 0.311. The van der Waals surface area contributed by atoms with Crippen LogP contribution in [0.25, 0.3) is 0 Å². The number of anilines is 3. The molecule has 0 atom stereocenters. The van der Waals surface area contributed by atoms with Gasteiger partial charge in [-0.1, -0.05) is 46.9 Å². The largest absolute Gasteiger partial charge is 0.330 e.